The van der Waals surface area contributed by atoms with Crippen LogP contribution in [0.2, 0.25) is 5.02 Å². The second kappa shape index (κ2) is 6.02. The summed E-state index contributed by atoms with van der Waals surface area (Å²) in [5.41, 5.74) is 2.10. The molecule has 0 atom stereocenters. The molecule has 0 bridgehead atoms. The van der Waals surface area contributed by atoms with Crippen LogP contribution in [0.3, 0.4) is 0 Å². The molecule has 0 N–H and O–H groups in total. The fourth-order valence-electron chi connectivity index (χ4n) is 2.90. The summed E-state index contributed by atoms with van der Waals surface area (Å²) in [4.78, 5) is 6.88. The lowest BCUT2D eigenvalue weighted by molar-refractivity contribution is 0.940. The van der Waals surface area contributed by atoms with Crippen LogP contribution in [0.1, 0.15) is 0 Å². The molecule has 3 heterocycles. The molecule has 3 aromatic heterocycles. The lowest BCUT2D eigenvalue weighted by Gasteiger charge is -2.03. The van der Waals surface area contributed by atoms with E-state index in [-0.39, 0.29) is 0 Å². The van der Waals surface area contributed by atoms with Gasteiger partial charge in [0.1, 0.15) is 15.8 Å². The maximum Gasteiger partial charge on any atom is 0.239 e. The quantitative estimate of drug-likeness (QED) is 0.356. The summed E-state index contributed by atoms with van der Waals surface area (Å²) in [7, 11) is 0. The fraction of sp³-hybridized carbons (Fsp3) is 0. The lowest BCUT2D eigenvalue weighted by Crippen LogP contribution is -1.98. The molecule has 26 heavy (non-hydrogen) atoms. The molecule has 5 aromatic rings. The van der Waals surface area contributed by atoms with E-state index in [0.717, 1.165) is 26.3 Å². The van der Waals surface area contributed by atoms with Gasteiger partial charge in [-0.1, -0.05) is 54.2 Å². The van der Waals surface area contributed by atoms with E-state index in [4.69, 9.17) is 28.8 Å². The molecular formula is C19H11ClN4S2. The highest BCUT2D eigenvalue weighted by molar-refractivity contribution is 7.71. The normalized spacial score (nSPS) is 11.4. The van der Waals surface area contributed by atoms with Crippen molar-refractivity contribution in [3.05, 3.63) is 76.7 Å². The van der Waals surface area contributed by atoms with Gasteiger partial charge in [0.15, 0.2) is 0 Å². The number of hydrogen-bond acceptors (Lipinski definition) is 4. The van der Waals surface area contributed by atoms with E-state index in [0.29, 0.717) is 15.4 Å². The van der Waals surface area contributed by atoms with E-state index >= 15 is 0 Å². The Hall–Kier alpha value is -2.54. The van der Waals surface area contributed by atoms with Gasteiger partial charge in [0.2, 0.25) is 5.78 Å². The summed E-state index contributed by atoms with van der Waals surface area (Å²) in [6.45, 7) is 0. The summed E-state index contributed by atoms with van der Waals surface area (Å²) >= 11 is 13.3. The van der Waals surface area contributed by atoms with E-state index in [2.05, 4.69) is 23.3 Å². The van der Waals surface area contributed by atoms with Gasteiger partial charge in [0.05, 0.1) is 5.69 Å². The summed E-state index contributed by atoms with van der Waals surface area (Å²) < 4.78 is 4.28. The van der Waals surface area contributed by atoms with Crippen LogP contribution in [-0.4, -0.2) is 19.2 Å². The molecule has 5 rings (SSSR count). The Morgan fingerprint density at radius 1 is 1.00 bits per heavy atom. The number of aromatic nitrogens is 4. The molecule has 0 saturated heterocycles. The molecule has 7 heteroatoms. The first-order valence-corrected chi connectivity index (χ1v) is 9.52. The first-order chi connectivity index (χ1) is 12.7. The van der Waals surface area contributed by atoms with Crippen molar-refractivity contribution in [2.24, 2.45) is 0 Å². The predicted molar refractivity (Wildman–Crippen MR) is 109 cm³/mol. The van der Waals surface area contributed by atoms with Crippen LogP contribution in [0.25, 0.3) is 32.1 Å². The first kappa shape index (κ1) is 15.7. The smallest absolute Gasteiger partial charge is 0.239 e. The average molecular weight is 395 g/mol. The van der Waals surface area contributed by atoms with Crippen molar-refractivity contribution < 1.29 is 0 Å². The third-order valence-corrected chi connectivity index (χ3v) is 5.91. The molecule has 0 amide bonds. The maximum atomic E-state index is 5.99. The van der Waals surface area contributed by atoms with E-state index in [1.54, 1.807) is 22.2 Å². The predicted octanol–water partition coefficient (Wildman–Crippen LogP) is 5.78. The van der Waals surface area contributed by atoms with Gasteiger partial charge in [-0.15, -0.1) is 11.3 Å². The SMILES string of the molecule is S=c1c2cc(-c3ccccc3)sc2nc2n(-c3ccc(Cl)cc3)cnn12. The maximum absolute atomic E-state index is 5.99. The van der Waals surface area contributed by atoms with Gasteiger partial charge in [-0.3, -0.25) is 4.57 Å². The molecule has 0 unspecified atom stereocenters. The van der Waals surface area contributed by atoms with Crippen LogP contribution in [-0.2, 0) is 0 Å². The van der Waals surface area contributed by atoms with E-state index in [9.17, 15) is 0 Å². The molecule has 0 radical (unpaired) electrons. The second-order valence-corrected chi connectivity index (χ2v) is 7.66. The third kappa shape index (κ3) is 2.46. The highest BCUT2D eigenvalue weighted by atomic mass is 35.5. The molecule has 4 nitrogen and oxygen atoms in total. The Labute approximate surface area is 162 Å². The zero-order chi connectivity index (χ0) is 17.7. The molecule has 126 valence electrons. The third-order valence-electron chi connectivity index (χ3n) is 4.19. The number of fused-ring (bicyclic) bond motifs is 2. The monoisotopic (exact) mass is 394 g/mol. The van der Waals surface area contributed by atoms with Gasteiger partial charge in [-0.25, -0.2) is 4.98 Å². The van der Waals surface area contributed by atoms with Gasteiger partial charge in [-0.05, 0) is 35.9 Å². The van der Waals surface area contributed by atoms with Gasteiger partial charge in [0, 0.05) is 15.3 Å². The molecule has 0 saturated carbocycles. The van der Waals surface area contributed by atoms with Crippen LogP contribution in [0.5, 0.6) is 0 Å². The summed E-state index contributed by atoms with van der Waals surface area (Å²) in [6.07, 6.45) is 1.73. The fourth-order valence-corrected chi connectivity index (χ4v) is 4.41. The van der Waals surface area contributed by atoms with E-state index in [1.165, 1.54) is 0 Å². The number of halogens is 1. The van der Waals surface area contributed by atoms with Gasteiger partial charge in [-0.2, -0.15) is 9.61 Å². The van der Waals surface area contributed by atoms with Crippen molar-refractivity contribution in [1.29, 1.82) is 0 Å². The molecular weight excluding hydrogens is 384 g/mol. The standard InChI is InChI=1S/C19H11ClN4S2/c20-13-6-8-14(9-7-13)23-11-21-24-18(25)15-10-16(12-4-2-1-3-5-12)26-17(15)22-19(23)24/h1-11H. The Balaban J connectivity index is 1.76. The number of rotatable bonds is 2. The minimum Gasteiger partial charge on any atom is -0.267 e. The van der Waals surface area contributed by atoms with E-state index < -0.39 is 0 Å². The number of nitrogens with zero attached hydrogens (tertiary/aromatic N) is 4. The zero-order valence-corrected chi connectivity index (χ0v) is 15.7. The number of thiophene rings is 1. The Morgan fingerprint density at radius 3 is 2.54 bits per heavy atom. The largest absolute Gasteiger partial charge is 0.267 e. The van der Waals surface area contributed by atoms with Crippen LogP contribution < -0.4 is 0 Å². The van der Waals surface area contributed by atoms with Crippen molar-refractivity contribution in [2.45, 2.75) is 0 Å². The number of benzene rings is 2. The minimum absolute atomic E-state index is 0.663. The van der Waals surface area contributed by atoms with Crippen molar-refractivity contribution in [3.8, 4) is 16.1 Å². The molecule has 0 aliphatic heterocycles. The Kier molecular flexibility index (Phi) is 3.63. The van der Waals surface area contributed by atoms with Crippen LogP contribution in [0.4, 0.5) is 0 Å². The molecule has 0 aliphatic carbocycles. The van der Waals surface area contributed by atoms with Crippen LogP contribution in [0.15, 0.2) is 67.0 Å². The summed E-state index contributed by atoms with van der Waals surface area (Å²) in [5.74, 6) is 0.686. The van der Waals surface area contributed by atoms with Crippen molar-refractivity contribution in [2.75, 3.05) is 0 Å². The minimum atomic E-state index is 0.663. The van der Waals surface area contributed by atoms with E-state index in [1.807, 2.05) is 47.0 Å². The second-order valence-electron chi connectivity index (χ2n) is 5.80. The number of hydrogen-bond donors (Lipinski definition) is 0. The Morgan fingerprint density at radius 2 is 1.77 bits per heavy atom. The topological polar surface area (TPSA) is 35.1 Å². The Bertz CT molecular complexity index is 1300. The molecule has 0 fully saturated rings. The average Bonchev–Trinajstić information content (AvgIpc) is 3.28. The van der Waals surface area contributed by atoms with Gasteiger partial charge < -0.3 is 0 Å². The highest BCUT2D eigenvalue weighted by Crippen LogP contribution is 2.33. The van der Waals surface area contributed by atoms with Gasteiger partial charge in [0.25, 0.3) is 0 Å². The lowest BCUT2D eigenvalue weighted by atomic mass is 10.2. The van der Waals surface area contributed by atoms with Crippen molar-refractivity contribution in [1.82, 2.24) is 19.2 Å². The first-order valence-electron chi connectivity index (χ1n) is 7.92. The zero-order valence-electron chi connectivity index (χ0n) is 13.3. The molecule has 0 spiro atoms. The summed E-state index contributed by atoms with van der Waals surface area (Å²) in [6, 6.07) is 19.9. The molecule has 2 aromatic carbocycles. The van der Waals surface area contributed by atoms with Gasteiger partial charge >= 0.3 is 0 Å². The highest BCUT2D eigenvalue weighted by Gasteiger charge is 2.13. The molecule has 0 aliphatic rings. The van der Waals surface area contributed by atoms with Crippen LogP contribution in [0, 0.1) is 4.64 Å². The van der Waals surface area contributed by atoms with Crippen molar-refractivity contribution >= 4 is 51.1 Å². The summed E-state index contributed by atoms with van der Waals surface area (Å²) in [5, 5.41) is 6.07. The van der Waals surface area contributed by atoms with Crippen molar-refractivity contribution in [3.63, 3.8) is 0 Å². The van der Waals surface area contributed by atoms with Crippen LogP contribution >= 0.6 is 35.2 Å².